The number of pyridine rings is 1. The van der Waals surface area contributed by atoms with E-state index < -0.39 is 34.7 Å². The SMILES string of the molecule is O=C(Cn1cc([N+](=O)[O-])ccc1=O)Nc1cccc(N2C(=O)c3ccccc3C2=O)c1. The second-order valence-corrected chi connectivity index (χ2v) is 6.70. The molecule has 4 rings (SSSR count). The molecule has 154 valence electrons. The van der Waals surface area contributed by atoms with Gasteiger partial charge in [0.05, 0.1) is 27.9 Å². The highest BCUT2D eigenvalue weighted by atomic mass is 16.6. The van der Waals surface area contributed by atoms with Crippen LogP contribution in [0.4, 0.5) is 17.1 Å². The number of rotatable bonds is 5. The van der Waals surface area contributed by atoms with Crippen molar-refractivity contribution in [1.82, 2.24) is 4.57 Å². The number of aromatic nitrogens is 1. The molecule has 3 aromatic rings. The molecule has 0 bridgehead atoms. The third-order valence-electron chi connectivity index (χ3n) is 4.67. The maximum absolute atomic E-state index is 12.6. The fourth-order valence-electron chi connectivity index (χ4n) is 3.25. The molecule has 1 aromatic heterocycles. The number of nitrogens with one attached hydrogen (secondary N) is 1. The van der Waals surface area contributed by atoms with Crippen LogP contribution < -0.4 is 15.8 Å². The first kappa shape index (κ1) is 19.7. The lowest BCUT2D eigenvalue weighted by molar-refractivity contribution is -0.385. The van der Waals surface area contributed by atoms with Crippen molar-refractivity contribution in [3.05, 3.63) is 98.5 Å². The molecule has 0 saturated heterocycles. The molecule has 0 spiro atoms. The number of nitro groups is 1. The molecule has 1 N–H and O–H groups in total. The lowest BCUT2D eigenvalue weighted by Crippen LogP contribution is -2.29. The number of fused-ring (bicyclic) bond motifs is 1. The van der Waals surface area contributed by atoms with Crippen LogP contribution >= 0.6 is 0 Å². The van der Waals surface area contributed by atoms with Crippen LogP contribution in [0.2, 0.25) is 0 Å². The highest BCUT2D eigenvalue weighted by Crippen LogP contribution is 2.29. The minimum absolute atomic E-state index is 0.275. The van der Waals surface area contributed by atoms with Crippen LogP contribution in [0.25, 0.3) is 0 Å². The lowest BCUT2D eigenvalue weighted by atomic mass is 10.1. The Morgan fingerprint density at radius 1 is 0.935 bits per heavy atom. The summed E-state index contributed by atoms with van der Waals surface area (Å²) in [6.07, 6.45) is 0.983. The highest BCUT2D eigenvalue weighted by Gasteiger charge is 2.36. The molecule has 2 aromatic carbocycles. The zero-order chi connectivity index (χ0) is 22.1. The number of carbonyl (C=O) groups is 3. The predicted molar refractivity (Wildman–Crippen MR) is 110 cm³/mol. The summed E-state index contributed by atoms with van der Waals surface area (Å²) in [5, 5.41) is 13.4. The molecule has 0 unspecified atom stereocenters. The number of benzene rings is 2. The van der Waals surface area contributed by atoms with Crippen molar-refractivity contribution in [2.24, 2.45) is 0 Å². The van der Waals surface area contributed by atoms with Crippen LogP contribution in [-0.2, 0) is 11.3 Å². The van der Waals surface area contributed by atoms with E-state index in [0.717, 1.165) is 27.8 Å². The number of hydrogen-bond donors (Lipinski definition) is 1. The number of imide groups is 1. The average Bonchev–Trinajstić information content (AvgIpc) is 3.00. The summed E-state index contributed by atoms with van der Waals surface area (Å²) in [4.78, 5) is 60.7. The fraction of sp³-hybridized carbons (Fsp3) is 0.0476. The van der Waals surface area contributed by atoms with Crippen LogP contribution in [0.1, 0.15) is 20.7 Å². The Hall–Kier alpha value is -4.60. The Morgan fingerprint density at radius 2 is 1.61 bits per heavy atom. The first-order valence-electron chi connectivity index (χ1n) is 9.08. The summed E-state index contributed by atoms with van der Waals surface area (Å²) >= 11 is 0. The van der Waals surface area contributed by atoms with Gasteiger partial charge in [-0.2, -0.15) is 0 Å². The van der Waals surface area contributed by atoms with Gasteiger partial charge >= 0.3 is 0 Å². The summed E-state index contributed by atoms with van der Waals surface area (Å²) in [6, 6.07) is 14.7. The Balaban J connectivity index is 1.54. The Labute approximate surface area is 174 Å². The molecule has 1 aliphatic rings. The smallest absolute Gasteiger partial charge is 0.285 e. The van der Waals surface area contributed by atoms with Gasteiger partial charge in [0.15, 0.2) is 0 Å². The van der Waals surface area contributed by atoms with Crippen molar-refractivity contribution in [3.63, 3.8) is 0 Å². The van der Waals surface area contributed by atoms with E-state index >= 15 is 0 Å². The number of anilines is 2. The maximum Gasteiger partial charge on any atom is 0.285 e. The van der Waals surface area contributed by atoms with E-state index in [9.17, 15) is 29.3 Å². The van der Waals surface area contributed by atoms with E-state index in [1.54, 1.807) is 42.5 Å². The molecule has 0 aliphatic carbocycles. The van der Waals surface area contributed by atoms with Gasteiger partial charge < -0.3 is 5.32 Å². The number of amides is 3. The number of hydrogen-bond acceptors (Lipinski definition) is 6. The van der Waals surface area contributed by atoms with Crippen LogP contribution in [0.3, 0.4) is 0 Å². The van der Waals surface area contributed by atoms with E-state index in [0.29, 0.717) is 11.1 Å². The molecule has 0 radical (unpaired) electrons. The van der Waals surface area contributed by atoms with Gasteiger partial charge in [-0.15, -0.1) is 0 Å². The van der Waals surface area contributed by atoms with Gasteiger partial charge in [-0.25, -0.2) is 4.90 Å². The second kappa shape index (κ2) is 7.67. The monoisotopic (exact) mass is 418 g/mol. The fourth-order valence-corrected chi connectivity index (χ4v) is 3.25. The number of nitrogens with zero attached hydrogens (tertiary/aromatic N) is 3. The summed E-state index contributed by atoms with van der Waals surface area (Å²) in [6.45, 7) is -0.447. The van der Waals surface area contributed by atoms with Gasteiger partial charge in [-0.3, -0.25) is 33.9 Å². The summed E-state index contributed by atoms with van der Waals surface area (Å²) < 4.78 is 0.918. The quantitative estimate of drug-likeness (QED) is 0.384. The second-order valence-electron chi connectivity index (χ2n) is 6.70. The Bertz CT molecular complexity index is 1280. The highest BCUT2D eigenvalue weighted by molar-refractivity contribution is 6.34. The topological polar surface area (TPSA) is 132 Å². The molecule has 2 heterocycles. The van der Waals surface area contributed by atoms with E-state index in [4.69, 9.17) is 0 Å². The summed E-state index contributed by atoms with van der Waals surface area (Å²) in [7, 11) is 0. The first-order valence-corrected chi connectivity index (χ1v) is 9.08. The van der Waals surface area contributed by atoms with Crippen LogP contribution in [0, 0.1) is 10.1 Å². The third-order valence-corrected chi connectivity index (χ3v) is 4.67. The largest absolute Gasteiger partial charge is 0.324 e. The molecule has 10 heteroatoms. The Morgan fingerprint density at radius 3 is 2.26 bits per heavy atom. The molecule has 31 heavy (non-hydrogen) atoms. The van der Waals surface area contributed by atoms with Gasteiger partial charge in [0.1, 0.15) is 6.54 Å². The summed E-state index contributed by atoms with van der Waals surface area (Å²) in [5.41, 5.74) is 0.272. The van der Waals surface area contributed by atoms with Crippen LogP contribution in [0.5, 0.6) is 0 Å². The van der Waals surface area contributed by atoms with Gasteiger partial charge in [-0.1, -0.05) is 18.2 Å². The van der Waals surface area contributed by atoms with Gasteiger partial charge in [0, 0.05) is 17.8 Å². The molecular formula is C21H14N4O6. The van der Waals surface area contributed by atoms with E-state index in [-0.39, 0.29) is 17.1 Å². The molecule has 0 fully saturated rings. The van der Waals surface area contributed by atoms with Crippen molar-refractivity contribution >= 4 is 34.8 Å². The lowest BCUT2D eigenvalue weighted by Gasteiger charge is -2.15. The predicted octanol–water partition coefficient (Wildman–Crippen LogP) is 2.20. The van der Waals surface area contributed by atoms with E-state index in [2.05, 4.69) is 5.32 Å². The first-order chi connectivity index (χ1) is 14.8. The molecule has 3 amide bonds. The minimum atomic E-state index is -0.667. The van der Waals surface area contributed by atoms with E-state index in [1.807, 2.05) is 0 Å². The standard InChI is InChI=1S/C21H14N4O6/c26-18(12-23-11-15(25(30)31)8-9-19(23)27)22-13-4-3-5-14(10-13)24-20(28)16-6-1-2-7-17(16)21(24)29/h1-11H,12H2,(H,22,26). The molecule has 0 saturated carbocycles. The maximum atomic E-state index is 12.6. The van der Waals surface area contributed by atoms with Crippen molar-refractivity contribution in [2.75, 3.05) is 10.2 Å². The van der Waals surface area contributed by atoms with E-state index in [1.165, 1.54) is 6.07 Å². The van der Waals surface area contributed by atoms with Gasteiger partial charge in [-0.05, 0) is 30.3 Å². The van der Waals surface area contributed by atoms with Gasteiger partial charge in [0.2, 0.25) is 5.91 Å². The molecule has 1 aliphatic heterocycles. The van der Waals surface area contributed by atoms with Crippen molar-refractivity contribution in [1.29, 1.82) is 0 Å². The van der Waals surface area contributed by atoms with Crippen molar-refractivity contribution < 1.29 is 19.3 Å². The van der Waals surface area contributed by atoms with Crippen LogP contribution in [-0.4, -0.2) is 27.2 Å². The van der Waals surface area contributed by atoms with Gasteiger partial charge in [0.25, 0.3) is 23.1 Å². The zero-order valence-electron chi connectivity index (χ0n) is 15.8. The van der Waals surface area contributed by atoms with Crippen molar-refractivity contribution in [2.45, 2.75) is 6.54 Å². The molecule has 0 atom stereocenters. The minimum Gasteiger partial charge on any atom is -0.324 e. The third kappa shape index (κ3) is 3.69. The summed E-state index contributed by atoms with van der Waals surface area (Å²) in [5.74, 6) is -1.54. The molecular weight excluding hydrogens is 404 g/mol. The van der Waals surface area contributed by atoms with Crippen LogP contribution in [0.15, 0.2) is 71.7 Å². The zero-order valence-corrected chi connectivity index (χ0v) is 15.8. The average molecular weight is 418 g/mol. The number of carbonyl (C=O) groups excluding carboxylic acids is 3. The normalized spacial score (nSPS) is 12.6. The Kier molecular flexibility index (Phi) is 4.88. The van der Waals surface area contributed by atoms with Crippen molar-refractivity contribution in [3.8, 4) is 0 Å². The molecule has 10 nitrogen and oxygen atoms in total.